The van der Waals surface area contributed by atoms with Gasteiger partial charge in [0, 0.05) is 12.4 Å². The minimum atomic E-state index is -3.39. The summed E-state index contributed by atoms with van der Waals surface area (Å²) in [7, 11) is 0. The lowest BCUT2D eigenvalue weighted by Gasteiger charge is -1.97. The molecular weight excluding hydrogens is 287 g/mol. The minimum absolute atomic E-state index is 0.129. The largest absolute Gasteiger partial charge is 0.506 e. The van der Waals surface area contributed by atoms with E-state index < -0.39 is 21.1 Å². The molecule has 5 nitrogen and oxygen atoms in total. The molecule has 0 aliphatic rings. The van der Waals surface area contributed by atoms with Gasteiger partial charge in [-0.25, -0.2) is 4.98 Å². The van der Waals surface area contributed by atoms with Gasteiger partial charge in [-0.1, -0.05) is 6.92 Å². The number of rotatable bonds is 3. The van der Waals surface area contributed by atoms with Crippen molar-refractivity contribution >= 4 is 0 Å². The summed E-state index contributed by atoms with van der Waals surface area (Å²) >= 11 is -3.39. The van der Waals surface area contributed by atoms with Gasteiger partial charge in [0.1, 0.15) is 6.10 Å². The summed E-state index contributed by atoms with van der Waals surface area (Å²) in [6.45, 7) is 3.62. The number of nitrogens with one attached hydrogen (secondary N) is 1. The van der Waals surface area contributed by atoms with Gasteiger partial charge in [0.15, 0.2) is 0 Å². The lowest BCUT2D eigenvalue weighted by atomic mass is 10.3. The number of imidazole rings is 1. The molecule has 1 heterocycles. The van der Waals surface area contributed by atoms with Crippen LogP contribution in [0.25, 0.3) is 0 Å². The molecule has 1 aromatic heterocycles. The number of hydrogen-bond acceptors (Lipinski definition) is 4. The number of nitrogens with zero attached hydrogens (tertiary/aromatic N) is 1. The number of halogens is 1. The zero-order chi connectivity index (χ0) is 10.1. The summed E-state index contributed by atoms with van der Waals surface area (Å²) < 4.78 is 24.2. The molecule has 1 rings (SSSR count). The number of aromatic nitrogens is 2. The van der Waals surface area contributed by atoms with Crippen molar-refractivity contribution in [1.29, 1.82) is 0 Å². The molecule has 76 valence electrons. The SMILES string of the molecule is CCC(C)O[I+2]([O-])[O-].c1c[nH]cn1. The smallest absolute Gasteiger partial charge is 0.396 e. The first kappa shape index (κ1) is 12.8. The number of hydrogen-bond donors (Lipinski definition) is 1. The van der Waals surface area contributed by atoms with E-state index >= 15 is 0 Å². The van der Waals surface area contributed by atoms with Crippen LogP contribution in [0.2, 0.25) is 0 Å². The van der Waals surface area contributed by atoms with Gasteiger partial charge >= 0.3 is 21.1 Å². The van der Waals surface area contributed by atoms with Crippen LogP contribution in [0.5, 0.6) is 0 Å². The maximum Gasteiger partial charge on any atom is 0.506 e. The highest BCUT2D eigenvalue weighted by Gasteiger charge is 2.16. The van der Waals surface area contributed by atoms with E-state index in [1.807, 2.05) is 6.92 Å². The summed E-state index contributed by atoms with van der Waals surface area (Å²) in [5, 5.41) is 0. The van der Waals surface area contributed by atoms with Crippen molar-refractivity contribution in [2.24, 2.45) is 0 Å². The molecule has 1 atom stereocenters. The highest BCUT2D eigenvalue weighted by Crippen LogP contribution is 1.86. The van der Waals surface area contributed by atoms with Gasteiger partial charge in [0.25, 0.3) is 0 Å². The third-order valence-electron chi connectivity index (χ3n) is 1.21. The summed E-state index contributed by atoms with van der Waals surface area (Å²) in [5.41, 5.74) is 0. The van der Waals surface area contributed by atoms with Gasteiger partial charge in [-0.15, -0.1) is 0 Å². The Labute approximate surface area is 86.2 Å². The van der Waals surface area contributed by atoms with Gasteiger partial charge in [-0.3, -0.25) is 0 Å². The summed E-state index contributed by atoms with van der Waals surface area (Å²) in [6.07, 6.45) is 5.70. The molecule has 0 aliphatic heterocycles. The Morgan fingerprint density at radius 1 is 1.62 bits per heavy atom. The molecule has 0 aliphatic carbocycles. The predicted octanol–water partition coefficient (Wildman–Crippen LogP) is -3.70. The Morgan fingerprint density at radius 2 is 2.31 bits per heavy atom. The molecule has 0 spiro atoms. The van der Waals surface area contributed by atoms with E-state index in [9.17, 15) is 6.87 Å². The van der Waals surface area contributed by atoms with Gasteiger partial charge in [-0.2, -0.15) is 0 Å². The van der Waals surface area contributed by atoms with E-state index in [4.69, 9.17) is 0 Å². The summed E-state index contributed by atoms with van der Waals surface area (Å²) in [5.74, 6) is 0. The normalized spacial score (nSPS) is 12.1. The lowest BCUT2D eigenvalue weighted by Crippen LogP contribution is -3.99. The average Bonchev–Trinajstić information content (AvgIpc) is 2.59. The summed E-state index contributed by atoms with van der Waals surface area (Å²) in [6, 6.07) is 0. The molecule has 6 heteroatoms. The van der Waals surface area contributed by atoms with Crippen molar-refractivity contribution < 1.29 is 31.0 Å². The van der Waals surface area contributed by atoms with Crippen molar-refractivity contribution in [3.63, 3.8) is 0 Å². The van der Waals surface area contributed by atoms with Crippen LogP contribution in [0.3, 0.4) is 0 Å². The van der Waals surface area contributed by atoms with E-state index in [1.165, 1.54) is 0 Å². The third-order valence-corrected chi connectivity index (χ3v) is 2.49. The van der Waals surface area contributed by atoms with Crippen molar-refractivity contribution in [2.75, 3.05) is 0 Å². The van der Waals surface area contributed by atoms with Crippen LogP contribution in [-0.4, -0.2) is 16.1 Å². The number of H-pyrrole nitrogens is 1. The van der Waals surface area contributed by atoms with Crippen molar-refractivity contribution in [3.05, 3.63) is 18.7 Å². The molecular formula is C7H13IN2O3. The maximum absolute atomic E-state index is 9.88. The zero-order valence-corrected chi connectivity index (χ0v) is 9.72. The fourth-order valence-electron chi connectivity index (χ4n) is 0.402. The molecule has 1 N–H and O–H groups in total. The molecule has 0 aromatic carbocycles. The second-order valence-electron chi connectivity index (χ2n) is 2.26. The number of aromatic amines is 1. The molecule has 1 unspecified atom stereocenters. The zero-order valence-electron chi connectivity index (χ0n) is 7.57. The van der Waals surface area contributed by atoms with E-state index in [-0.39, 0.29) is 6.10 Å². The highest BCUT2D eigenvalue weighted by molar-refractivity contribution is 4.64. The van der Waals surface area contributed by atoms with Crippen molar-refractivity contribution in [1.82, 2.24) is 9.97 Å². The average molecular weight is 300 g/mol. The molecule has 0 radical (unpaired) electrons. The first-order chi connectivity index (χ1) is 6.16. The monoisotopic (exact) mass is 300 g/mol. The standard InChI is InChI=1S/C4H9IO3.C3H4N2/c1-3-4(2)8-5(6)7;1-2-5-3-4-1/h4H,3H2,1-2H3;1-3H,(H,4,5). The van der Waals surface area contributed by atoms with Crippen molar-refractivity contribution in [3.8, 4) is 0 Å². The van der Waals surface area contributed by atoms with Gasteiger partial charge in [0.05, 0.1) is 6.33 Å². The third kappa shape index (κ3) is 9.74. The van der Waals surface area contributed by atoms with E-state index in [0.717, 1.165) is 6.42 Å². The van der Waals surface area contributed by atoms with Crippen LogP contribution in [0.1, 0.15) is 20.3 Å². The van der Waals surface area contributed by atoms with Crippen LogP contribution in [0, 0.1) is 0 Å². The van der Waals surface area contributed by atoms with Crippen LogP contribution < -0.4 is 27.9 Å². The Kier molecular flexibility index (Phi) is 8.30. The van der Waals surface area contributed by atoms with Gasteiger partial charge in [0.2, 0.25) is 0 Å². The van der Waals surface area contributed by atoms with Crippen LogP contribution in [0.4, 0.5) is 0 Å². The van der Waals surface area contributed by atoms with Gasteiger partial charge in [-0.05, 0) is 16.4 Å². The molecule has 0 amide bonds. The summed E-state index contributed by atoms with van der Waals surface area (Å²) in [4.78, 5) is 6.42. The molecule has 1 aromatic rings. The van der Waals surface area contributed by atoms with Crippen LogP contribution in [-0.2, 0) is 3.07 Å². The Balaban J connectivity index is 0.000000243. The second-order valence-corrected chi connectivity index (χ2v) is 3.84. The van der Waals surface area contributed by atoms with E-state index in [1.54, 1.807) is 25.6 Å². The fourth-order valence-corrected chi connectivity index (χ4v) is 1.47. The second kappa shape index (κ2) is 8.42. The van der Waals surface area contributed by atoms with Crippen molar-refractivity contribution in [2.45, 2.75) is 26.4 Å². The fraction of sp³-hybridized carbons (Fsp3) is 0.571. The molecule has 0 fully saturated rings. The first-order valence-electron chi connectivity index (χ1n) is 3.82. The van der Waals surface area contributed by atoms with Gasteiger partial charge < -0.3 is 11.9 Å². The quantitative estimate of drug-likeness (QED) is 0.582. The lowest BCUT2D eigenvalue weighted by molar-refractivity contribution is -1.63. The molecule has 13 heavy (non-hydrogen) atoms. The topological polar surface area (TPSA) is 84.0 Å². The van der Waals surface area contributed by atoms with Crippen LogP contribution >= 0.6 is 0 Å². The Hall–Kier alpha value is -0.180. The highest BCUT2D eigenvalue weighted by atomic mass is 127. The van der Waals surface area contributed by atoms with E-state index in [2.05, 4.69) is 13.0 Å². The molecule has 0 bridgehead atoms. The predicted molar refractivity (Wildman–Crippen MR) is 39.4 cm³/mol. The minimum Gasteiger partial charge on any atom is -0.396 e. The molecule has 0 saturated heterocycles. The maximum atomic E-state index is 9.88. The molecule has 0 saturated carbocycles. The Bertz CT molecular complexity index is 165. The van der Waals surface area contributed by atoms with Crippen LogP contribution in [0.15, 0.2) is 18.7 Å². The van der Waals surface area contributed by atoms with E-state index in [0.29, 0.717) is 0 Å². The first-order valence-corrected chi connectivity index (χ1v) is 6.46. The Morgan fingerprint density at radius 3 is 2.46 bits per heavy atom.